The number of aromatic carboxylic acids is 1. The van der Waals surface area contributed by atoms with Crippen molar-refractivity contribution in [2.24, 2.45) is 0 Å². The van der Waals surface area contributed by atoms with E-state index in [2.05, 4.69) is 5.32 Å². The summed E-state index contributed by atoms with van der Waals surface area (Å²) in [6.07, 6.45) is 1.48. The summed E-state index contributed by atoms with van der Waals surface area (Å²) in [7, 11) is 1.50. The molecular formula is C26H22N2O5. The summed E-state index contributed by atoms with van der Waals surface area (Å²) < 4.78 is 11.2. The standard InChI is InChI=1S/C26H22N2O5/c1-32-24-14-20(13-22(15-27)25(29)28-16-18-5-3-2-4-6-18)9-12-23(24)33-17-19-7-10-21(11-8-19)26(30)31/h2-14H,16-17H2,1H3,(H,28,29)(H,30,31)/b22-13-. The third kappa shape index (κ3) is 6.45. The molecule has 33 heavy (non-hydrogen) atoms. The Bertz CT molecular complexity index is 1200. The summed E-state index contributed by atoms with van der Waals surface area (Å²) in [6.45, 7) is 0.541. The third-order valence-corrected chi connectivity index (χ3v) is 4.75. The molecule has 3 aromatic carbocycles. The monoisotopic (exact) mass is 442 g/mol. The zero-order valence-corrected chi connectivity index (χ0v) is 17.9. The number of carbonyl (C=O) groups is 2. The fourth-order valence-electron chi connectivity index (χ4n) is 2.99. The van der Waals surface area contributed by atoms with Gasteiger partial charge in [0.25, 0.3) is 5.91 Å². The molecule has 0 fully saturated rings. The van der Waals surface area contributed by atoms with E-state index in [1.54, 1.807) is 30.3 Å². The second-order valence-corrected chi connectivity index (χ2v) is 7.04. The van der Waals surface area contributed by atoms with Crippen LogP contribution in [0.1, 0.15) is 27.0 Å². The van der Waals surface area contributed by atoms with Crippen LogP contribution in [0, 0.1) is 11.3 Å². The molecule has 0 spiro atoms. The lowest BCUT2D eigenvalue weighted by molar-refractivity contribution is -0.117. The molecule has 0 unspecified atom stereocenters. The van der Waals surface area contributed by atoms with Gasteiger partial charge in [-0.05, 0) is 47.0 Å². The summed E-state index contributed by atoms with van der Waals surface area (Å²) in [4.78, 5) is 23.4. The van der Waals surface area contributed by atoms with E-state index < -0.39 is 11.9 Å². The van der Waals surface area contributed by atoms with Crippen LogP contribution >= 0.6 is 0 Å². The highest BCUT2D eigenvalue weighted by atomic mass is 16.5. The van der Waals surface area contributed by atoms with Crippen molar-refractivity contribution in [3.8, 4) is 17.6 Å². The average Bonchev–Trinajstić information content (AvgIpc) is 2.85. The topological polar surface area (TPSA) is 109 Å². The summed E-state index contributed by atoms with van der Waals surface area (Å²) in [6, 6.07) is 22.8. The molecule has 0 heterocycles. The number of hydrogen-bond acceptors (Lipinski definition) is 5. The number of rotatable bonds is 9. The molecule has 0 atom stereocenters. The van der Waals surface area contributed by atoms with Gasteiger partial charge in [-0.3, -0.25) is 4.79 Å². The molecule has 0 bridgehead atoms. The second-order valence-electron chi connectivity index (χ2n) is 7.04. The van der Waals surface area contributed by atoms with E-state index in [4.69, 9.17) is 14.6 Å². The molecule has 3 aromatic rings. The minimum Gasteiger partial charge on any atom is -0.493 e. The van der Waals surface area contributed by atoms with Crippen molar-refractivity contribution in [2.45, 2.75) is 13.2 Å². The summed E-state index contributed by atoms with van der Waals surface area (Å²) in [5.74, 6) is -0.541. The first-order valence-electron chi connectivity index (χ1n) is 10.1. The van der Waals surface area contributed by atoms with Crippen LogP contribution in [0.25, 0.3) is 6.08 Å². The van der Waals surface area contributed by atoms with Crippen molar-refractivity contribution in [3.05, 3.63) is 101 Å². The lowest BCUT2D eigenvalue weighted by Gasteiger charge is -2.12. The molecule has 1 amide bonds. The lowest BCUT2D eigenvalue weighted by atomic mass is 10.1. The van der Waals surface area contributed by atoms with Gasteiger partial charge in [0.15, 0.2) is 11.5 Å². The number of amides is 1. The quantitative estimate of drug-likeness (QED) is 0.380. The molecule has 0 saturated heterocycles. The smallest absolute Gasteiger partial charge is 0.335 e. The Balaban J connectivity index is 1.68. The number of hydrogen-bond donors (Lipinski definition) is 2. The number of carbonyl (C=O) groups excluding carboxylic acids is 1. The first-order valence-corrected chi connectivity index (χ1v) is 10.1. The van der Waals surface area contributed by atoms with Crippen LogP contribution < -0.4 is 14.8 Å². The van der Waals surface area contributed by atoms with E-state index in [1.807, 2.05) is 36.4 Å². The van der Waals surface area contributed by atoms with E-state index in [0.29, 0.717) is 23.6 Å². The molecule has 2 N–H and O–H groups in total. The third-order valence-electron chi connectivity index (χ3n) is 4.75. The van der Waals surface area contributed by atoms with Gasteiger partial charge in [-0.25, -0.2) is 4.79 Å². The van der Waals surface area contributed by atoms with Crippen LogP contribution in [0.3, 0.4) is 0 Å². The van der Waals surface area contributed by atoms with Crippen molar-refractivity contribution in [1.82, 2.24) is 5.32 Å². The largest absolute Gasteiger partial charge is 0.493 e. The van der Waals surface area contributed by atoms with E-state index in [0.717, 1.165) is 11.1 Å². The van der Waals surface area contributed by atoms with Gasteiger partial charge in [-0.15, -0.1) is 0 Å². The molecule has 7 nitrogen and oxygen atoms in total. The van der Waals surface area contributed by atoms with Gasteiger partial charge in [-0.2, -0.15) is 5.26 Å². The number of methoxy groups -OCH3 is 1. The van der Waals surface area contributed by atoms with Crippen LogP contribution in [0.5, 0.6) is 11.5 Å². The summed E-state index contributed by atoms with van der Waals surface area (Å²) in [5.41, 5.74) is 2.52. The number of nitrogens with zero attached hydrogens (tertiary/aromatic N) is 1. The van der Waals surface area contributed by atoms with Gasteiger partial charge < -0.3 is 19.9 Å². The molecule has 0 saturated carbocycles. The normalized spacial score (nSPS) is 10.7. The number of carboxylic acid groups (broad SMARTS) is 1. The Morgan fingerprint density at radius 2 is 1.73 bits per heavy atom. The van der Waals surface area contributed by atoms with Crippen molar-refractivity contribution in [2.75, 3.05) is 7.11 Å². The number of carboxylic acids is 1. The van der Waals surface area contributed by atoms with Crippen LogP contribution in [-0.2, 0) is 17.9 Å². The van der Waals surface area contributed by atoms with Gasteiger partial charge >= 0.3 is 5.97 Å². The van der Waals surface area contributed by atoms with Crippen LogP contribution in [0.2, 0.25) is 0 Å². The first kappa shape index (κ1) is 23.1. The minimum absolute atomic E-state index is 0.0276. The van der Waals surface area contributed by atoms with Crippen LogP contribution in [0.4, 0.5) is 0 Å². The van der Waals surface area contributed by atoms with E-state index in [-0.39, 0.29) is 17.7 Å². The highest BCUT2D eigenvalue weighted by Gasteiger charge is 2.11. The number of nitriles is 1. The Hall–Kier alpha value is -4.57. The van der Waals surface area contributed by atoms with Gasteiger partial charge in [0.05, 0.1) is 12.7 Å². The van der Waals surface area contributed by atoms with Gasteiger partial charge in [0, 0.05) is 6.54 Å². The molecule has 0 aliphatic carbocycles. The Morgan fingerprint density at radius 3 is 2.36 bits per heavy atom. The fraction of sp³-hybridized carbons (Fsp3) is 0.115. The van der Waals surface area contributed by atoms with Gasteiger partial charge in [0.1, 0.15) is 18.2 Å². The first-order chi connectivity index (χ1) is 16.0. The van der Waals surface area contributed by atoms with E-state index in [9.17, 15) is 14.9 Å². The molecule has 7 heteroatoms. The van der Waals surface area contributed by atoms with Crippen molar-refractivity contribution >= 4 is 18.0 Å². The molecule has 166 valence electrons. The maximum Gasteiger partial charge on any atom is 0.335 e. The Kier molecular flexibility index (Phi) is 7.81. The SMILES string of the molecule is COc1cc(/C=C(/C#N)C(=O)NCc2ccccc2)ccc1OCc1ccc(C(=O)O)cc1. The number of ether oxygens (including phenoxy) is 2. The predicted molar refractivity (Wildman–Crippen MR) is 123 cm³/mol. The highest BCUT2D eigenvalue weighted by Crippen LogP contribution is 2.29. The molecule has 0 aliphatic heterocycles. The maximum atomic E-state index is 12.4. The molecule has 0 aromatic heterocycles. The Morgan fingerprint density at radius 1 is 1.00 bits per heavy atom. The molecule has 3 rings (SSSR count). The predicted octanol–water partition coefficient (Wildman–Crippen LogP) is 4.20. The number of benzene rings is 3. The molecule has 0 aliphatic rings. The maximum absolute atomic E-state index is 12.4. The van der Waals surface area contributed by atoms with E-state index >= 15 is 0 Å². The molecule has 0 radical (unpaired) electrons. The Labute approximate surface area is 191 Å². The van der Waals surface area contributed by atoms with Crippen molar-refractivity contribution in [3.63, 3.8) is 0 Å². The summed E-state index contributed by atoms with van der Waals surface area (Å²) in [5, 5.41) is 21.1. The average molecular weight is 442 g/mol. The van der Waals surface area contributed by atoms with Crippen LogP contribution in [0.15, 0.2) is 78.4 Å². The second kappa shape index (κ2) is 11.2. The van der Waals surface area contributed by atoms with Crippen molar-refractivity contribution < 1.29 is 24.2 Å². The van der Waals surface area contributed by atoms with Gasteiger partial charge in [0.2, 0.25) is 0 Å². The summed E-state index contributed by atoms with van der Waals surface area (Å²) >= 11 is 0. The lowest BCUT2D eigenvalue weighted by Crippen LogP contribution is -2.23. The van der Waals surface area contributed by atoms with Crippen molar-refractivity contribution in [1.29, 1.82) is 5.26 Å². The van der Waals surface area contributed by atoms with E-state index in [1.165, 1.54) is 25.3 Å². The van der Waals surface area contributed by atoms with Gasteiger partial charge in [-0.1, -0.05) is 48.5 Å². The zero-order valence-electron chi connectivity index (χ0n) is 17.9. The number of nitrogens with one attached hydrogen (secondary N) is 1. The highest BCUT2D eigenvalue weighted by molar-refractivity contribution is 6.01. The molecular weight excluding hydrogens is 420 g/mol. The minimum atomic E-state index is -0.988. The fourth-order valence-corrected chi connectivity index (χ4v) is 2.99. The zero-order chi connectivity index (χ0) is 23.6. The van der Waals surface area contributed by atoms with Crippen LogP contribution in [-0.4, -0.2) is 24.1 Å².